The van der Waals surface area contributed by atoms with Crippen LogP contribution < -0.4 is 10.6 Å². The van der Waals surface area contributed by atoms with E-state index in [-0.39, 0.29) is 0 Å². The molecular weight excluding hydrogens is 134 g/mol. The molecule has 0 unspecified atom stereocenters. The Bertz CT molecular complexity index is 233. The van der Waals surface area contributed by atoms with Crippen molar-refractivity contribution in [2.24, 2.45) is 0 Å². The summed E-state index contributed by atoms with van der Waals surface area (Å²) in [7, 11) is 1.54. The quantitative estimate of drug-likeness (QED) is 0.581. The molecule has 5 nitrogen and oxygen atoms in total. The molecule has 0 aliphatic heterocycles. The Morgan fingerprint density at radius 2 is 2.60 bits per heavy atom. The molecule has 1 rings (SSSR count). The van der Waals surface area contributed by atoms with Crippen molar-refractivity contribution in [1.82, 2.24) is 5.16 Å². The Kier molecular flexibility index (Phi) is 1.57. The van der Waals surface area contributed by atoms with Crippen LogP contribution in [0, 0.1) is 0 Å². The maximum absolute atomic E-state index is 10.1. The summed E-state index contributed by atoms with van der Waals surface area (Å²) in [6, 6.07) is 0. The fraction of sp³-hybridized carbons (Fsp3) is 0.200. The largest absolute Gasteiger partial charge is 0.393 e. The van der Waals surface area contributed by atoms with Gasteiger partial charge in [0, 0.05) is 7.05 Å². The molecular formula is C5H7N3O2. The van der Waals surface area contributed by atoms with Crippen molar-refractivity contribution in [3.63, 3.8) is 0 Å². The number of nitrogens with zero attached hydrogens (tertiary/aromatic N) is 2. The minimum absolute atomic E-state index is 0.343. The van der Waals surface area contributed by atoms with Gasteiger partial charge in [-0.05, 0) is 0 Å². The van der Waals surface area contributed by atoms with Crippen molar-refractivity contribution in [1.29, 1.82) is 0 Å². The molecule has 0 saturated carbocycles. The van der Waals surface area contributed by atoms with E-state index in [0.717, 1.165) is 0 Å². The number of nitrogens with two attached hydrogens (primary N) is 1. The van der Waals surface area contributed by atoms with Crippen LogP contribution in [0.25, 0.3) is 0 Å². The molecule has 0 saturated heterocycles. The predicted octanol–water partition coefficient (Wildman–Crippen LogP) is -0.151. The van der Waals surface area contributed by atoms with Crippen LogP contribution in [0.15, 0.2) is 10.8 Å². The molecule has 10 heavy (non-hydrogen) atoms. The topological polar surface area (TPSA) is 72.4 Å². The highest BCUT2D eigenvalue weighted by Gasteiger charge is 2.06. The van der Waals surface area contributed by atoms with Gasteiger partial charge in [0.25, 0.3) is 0 Å². The molecule has 1 amide bonds. The average molecular weight is 141 g/mol. The van der Waals surface area contributed by atoms with Crippen LogP contribution >= 0.6 is 0 Å². The fourth-order valence-electron chi connectivity index (χ4n) is 0.556. The van der Waals surface area contributed by atoms with Gasteiger partial charge in [0.15, 0.2) is 0 Å². The third-order valence-electron chi connectivity index (χ3n) is 1.07. The summed E-state index contributed by atoms with van der Waals surface area (Å²) in [4.78, 5) is 11.4. The van der Waals surface area contributed by atoms with Gasteiger partial charge in [0.2, 0.25) is 12.2 Å². The van der Waals surface area contributed by atoms with E-state index < -0.39 is 0 Å². The van der Waals surface area contributed by atoms with Gasteiger partial charge in [-0.15, -0.1) is 0 Å². The number of hydrogen-bond acceptors (Lipinski definition) is 4. The third kappa shape index (κ3) is 0.928. The molecule has 1 heterocycles. The third-order valence-corrected chi connectivity index (χ3v) is 1.07. The Hall–Kier alpha value is -1.52. The summed E-state index contributed by atoms with van der Waals surface area (Å²) < 4.78 is 4.49. The molecule has 0 bridgehead atoms. The summed E-state index contributed by atoms with van der Waals surface area (Å²) in [5.41, 5.74) is 5.72. The monoisotopic (exact) mass is 141 g/mol. The smallest absolute Gasteiger partial charge is 0.215 e. The molecule has 1 aromatic rings. The SMILES string of the molecule is CN(C=O)c1nocc1N. The first kappa shape index (κ1) is 6.60. The molecule has 0 aromatic carbocycles. The molecule has 0 radical (unpaired) electrons. The minimum Gasteiger partial charge on any atom is -0.393 e. The summed E-state index contributed by atoms with van der Waals surface area (Å²) in [6.07, 6.45) is 1.88. The lowest BCUT2D eigenvalue weighted by atomic mass is 10.5. The van der Waals surface area contributed by atoms with Gasteiger partial charge in [0.1, 0.15) is 12.0 Å². The second kappa shape index (κ2) is 2.38. The van der Waals surface area contributed by atoms with Crippen LogP contribution in [0.5, 0.6) is 0 Å². The van der Waals surface area contributed by atoms with Crippen LogP contribution in [0.3, 0.4) is 0 Å². The molecule has 0 spiro atoms. The first-order valence-corrected chi connectivity index (χ1v) is 2.63. The maximum atomic E-state index is 10.1. The van der Waals surface area contributed by atoms with E-state index in [4.69, 9.17) is 5.73 Å². The highest BCUT2D eigenvalue weighted by atomic mass is 16.5. The van der Waals surface area contributed by atoms with Crippen molar-refractivity contribution in [3.8, 4) is 0 Å². The zero-order valence-corrected chi connectivity index (χ0v) is 5.44. The Morgan fingerprint density at radius 3 is 3.00 bits per heavy atom. The van der Waals surface area contributed by atoms with E-state index in [9.17, 15) is 4.79 Å². The van der Waals surface area contributed by atoms with Gasteiger partial charge >= 0.3 is 0 Å². The van der Waals surface area contributed by atoms with Crippen LogP contribution in [0.2, 0.25) is 0 Å². The molecule has 5 heteroatoms. The van der Waals surface area contributed by atoms with E-state index in [2.05, 4.69) is 9.68 Å². The summed E-state index contributed by atoms with van der Waals surface area (Å²) in [5, 5.41) is 3.48. The molecule has 0 aliphatic rings. The molecule has 1 aromatic heterocycles. The minimum atomic E-state index is 0.343. The van der Waals surface area contributed by atoms with Gasteiger partial charge < -0.3 is 10.3 Å². The number of carbonyl (C=O) groups excluding carboxylic acids is 1. The summed E-state index contributed by atoms with van der Waals surface area (Å²) in [5.74, 6) is 0.343. The van der Waals surface area contributed by atoms with Crippen LogP contribution in [0.1, 0.15) is 0 Å². The molecule has 54 valence electrons. The van der Waals surface area contributed by atoms with Crippen LogP contribution in [-0.2, 0) is 4.79 Å². The summed E-state index contributed by atoms with van der Waals surface area (Å²) in [6.45, 7) is 0. The molecule has 0 fully saturated rings. The van der Waals surface area contributed by atoms with E-state index in [1.54, 1.807) is 7.05 Å². The highest BCUT2D eigenvalue weighted by molar-refractivity contribution is 5.78. The van der Waals surface area contributed by atoms with Gasteiger partial charge in [-0.3, -0.25) is 9.69 Å². The predicted molar refractivity (Wildman–Crippen MR) is 35.4 cm³/mol. The van der Waals surface area contributed by atoms with E-state index in [1.807, 2.05) is 0 Å². The van der Waals surface area contributed by atoms with Crippen molar-refractivity contribution in [3.05, 3.63) is 6.26 Å². The first-order valence-electron chi connectivity index (χ1n) is 2.63. The van der Waals surface area contributed by atoms with Gasteiger partial charge in [0.05, 0.1) is 0 Å². The Morgan fingerprint density at radius 1 is 1.90 bits per heavy atom. The van der Waals surface area contributed by atoms with Crippen molar-refractivity contribution in [2.75, 3.05) is 17.7 Å². The highest BCUT2D eigenvalue weighted by Crippen LogP contribution is 2.16. The van der Waals surface area contributed by atoms with Crippen molar-refractivity contribution in [2.45, 2.75) is 0 Å². The van der Waals surface area contributed by atoms with Gasteiger partial charge in [-0.25, -0.2) is 0 Å². The normalized spacial score (nSPS) is 9.30. The average Bonchev–Trinajstić information content (AvgIpc) is 2.34. The Balaban J connectivity index is 2.92. The number of carbonyl (C=O) groups is 1. The lowest BCUT2D eigenvalue weighted by Crippen LogP contribution is -2.15. The fourth-order valence-corrected chi connectivity index (χ4v) is 0.556. The lowest BCUT2D eigenvalue weighted by Gasteiger charge is -2.04. The van der Waals surface area contributed by atoms with Crippen LogP contribution in [0.4, 0.5) is 11.5 Å². The molecule has 0 aliphatic carbocycles. The second-order valence-electron chi connectivity index (χ2n) is 1.81. The van der Waals surface area contributed by atoms with Crippen LogP contribution in [-0.4, -0.2) is 18.6 Å². The van der Waals surface area contributed by atoms with Gasteiger partial charge in [-0.2, -0.15) is 0 Å². The number of amides is 1. The standard InChI is InChI=1S/C5H7N3O2/c1-8(3-9)5-4(6)2-10-7-5/h2-3H,6H2,1H3. The number of rotatable bonds is 2. The Labute approximate surface area is 57.4 Å². The maximum Gasteiger partial charge on any atom is 0.215 e. The zero-order chi connectivity index (χ0) is 7.56. The van der Waals surface area contributed by atoms with E-state index in [0.29, 0.717) is 17.9 Å². The van der Waals surface area contributed by atoms with E-state index in [1.165, 1.54) is 11.2 Å². The van der Waals surface area contributed by atoms with Gasteiger partial charge in [-0.1, -0.05) is 5.16 Å². The molecule has 0 atom stereocenters. The number of hydrogen-bond donors (Lipinski definition) is 1. The van der Waals surface area contributed by atoms with E-state index >= 15 is 0 Å². The zero-order valence-electron chi connectivity index (χ0n) is 5.44. The second-order valence-corrected chi connectivity index (χ2v) is 1.81. The number of aromatic nitrogens is 1. The van der Waals surface area contributed by atoms with Crippen molar-refractivity contribution >= 4 is 17.9 Å². The lowest BCUT2D eigenvalue weighted by molar-refractivity contribution is -0.107. The number of nitrogen functional groups attached to an aromatic ring is 1. The number of anilines is 2. The summed E-state index contributed by atoms with van der Waals surface area (Å²) >= 11 is 0. The first-order chi connectivity index (χ1) is 4.75. The van der Waals surface area contributed by atoms with Crippen molar-refractivity contribution < 1.29 is 9.32 Å². The molecule has 2 N–H and O–H groups in total.